The van der Waals surface area contributed by atoms with Crippen LogP contribution in [-0.2, 0) is 26.9 Å². The molecule has 1 fully saturated rings. The van der Waals surface area contributed by atoms with E-state index in [1.54, 1.807) is 0 Å². The van der Waals surface area contributed by atoms with Gasteiger partial charge in [-0.05, 0) is 41.8 Å². The number of carbonyl (C=O) groups is 2. The van der Waals surface area contributed by atoms with Gasteiger partial charge in [0.2, 0.25) is 0 Å². The van der Waals surface area contributed by atoms with Gasteiger partial charge in [0.25, 0.3) is 0 Å². The highest BCUT2D eigenvalue weighted by Crippen LogP contribution is 2.32. The Kier molecular flexibility index (Phi) is 7.08. The van der Waals surface area contributed by atoms with E-state index in [0.29, 0.717) is 26.3 Å². The van der Waals surface area contributed by atoms with E-state index in [9.17, 15) is 22.8 Å². The molecule has 2 heterocycles. The first-order chi connectivity index (χ1) is 16.2. The Balaban J connectivity index is 1.44. The molecule has 0 bridgehead atoms. The van der Waals surface area contributed by atoms with E-state index in [-0.39, 0.29) is 18.3 Å². The van der Waals surface area contributed by atoms with Crippen LogP contribution in [0.5, 0.6) is 0 Å². The van der Waals surface area contributed by atoms with Crippen LogP contribution in [0.25, 0.3) is 0 Å². The average molecular weight is 476 g/mol. The molecule has 34 heavy (non-hydrogen) atoms. The molecule has 0 saturated carbocycles. The molecule has 2 aliphatic heterocycles. The Morgan fingerprint density at radius 1 is 1.06 bits per heavy atom. The summed E-state index contributed by atoms with van der Waals surface area (Å²) in [6.07, 6.45) is -3.60. The van der Waals surface area contributed by atoms with Gasteiger partial charge in [-0.3, -0.25) is 14.5 Å². The Bertz CT molecular complexity index is 1050. The third-order valence-corrected chi connectivity index (χ3v) is 6.21. The average Bonchev–Trinajstić information content (AvgIpc) is 3.19. The first kappa shape index (κ1) is 24.0. The first-order valence-electron chi connectivity index (χ1n) is 11.1. The molecule has 2 aromatic rings. The largest absolute Gasteiger partial charge is 0.416 e. The van der Waals surface area contributed by atoms with Gasteiger partial charge in [0, 0.05) is 44.6 Å². The van der Waals surface area contributed by atoms with Crippen molar-refractivity contribution < 1.29 is 27.5 Å². The summed E-state index contributed by atoms with van der Waals surface area (Å²) in [7, 11) is 2.05. The number of hydrogen-bond acceptors (Lipinski definition) is 5. The molecule has 0 aromatic heterocycles. The summed E-state index contributed by atoms with van der Waals surface area (Å²) in [5.41, 5.74) is 2.47. The van der Waals surface area contributed by atoms with Crippen LogP contribution in [0, 0.1) is 0 Å². The van der Waals surface area contributed by atoms with E-state index in [2.05, 4.69) is 32.6 Å². The third-order valence-electron chi connectivity index (χ3n) is 6.21. The summed E-state index contributed by atoms with van der Waals surface area (Å²) in [4.78, 5) is 29.2. The molecule has 182 valence electrons. The summed E-state index contributed by atoms with van der Waals surface area (Å²) in [6.45, 7) is 3.67. The van der Waals surface area contributed by atoms with Crippen molar-refractivity contribution in [1.82, 2.24) is 10.2 Å². The third kappa shape index (κ3) is 5.51. The molecular weight excluding hydrogens is 449 g/mol. The predicted octanol–water partition coefficient (Wildman–Crippen LogP) is 2.83. The summed E-state index contributed by atoms with van der Waals surface area (Å²) < 4.78 is 44.2. The second-order valence-corrected chi connectivity index (χ2v) is 8.47. The number of anilines is 2. The summed E-state index contributed by atoms with van der Waals surface area (Å²) in [5, 5.41) is 4.90. The number of hydrogen-bond donors (Lipinski definition) is 2. The fourth-order valence-electron chi connectivity index (χ4n) is 4.37. The maximum Gasteiger partial charge on any atom is 0.416 e. The van der Waals surface area contributed by atoms with Crippen LogP contribution >= 0.6 is 0 Å². The quantitative estimate of drug-likeness (QED) is 0.650. The molecule has 4 rings (SSSR count). The lowest BCUT2D eigenvalue weighted by atomic mass is 10.0. The van der Waals surface area contributed by atoms with E-state index in [1.165, 1.54) is 23.4 Å². The minimum atomic E-state index is -4.54. The number of rotatable bonds is 5. The number of alkyl halides is 3. The smallest absolute Gasteiger partial charge is 0.379 e. The van der Waals surface area contributed by atoms with Crippen molar-refractivity contribution in [1.29, 1.82) is 0 Å². The summed E-state index contributed by atoms with van der Waals surface area (Å²) >= 11 is 0. The van der Waals surface area contributed by atoms with Crippen molar-refractivity contribution in [3.8, 4) is 0 Å². The van der Waals surface area contributed by atoms with Gasteiger partial charge in [0.15, 0.2) is 0 Å². The van der Waals surface area contributed by atoms with Gasteiger partial charge < -0.3 is 20.3 Å². The first-order valence-corrected chi connectivity index (χ1v) is 11.1. The number of ether oxygens (including phenoxy) is 1. The summed E-state index contributed by atoms with van der Waals surface area (Å²) in [5.74, 6) is -1.92. The van der Waals surface area contributed by atoms with Crippen LogP contribution in [0.4, 0.5) is 24.5 Å². The molecule has 2 aromatic carbocycles. The number of morpholine rings is 1. The molecule has 10 heteroatoms. The van der Waals surface area contributed by atoms with Gasteiger partial charge in [0.1, 0.15) is 0 Å². The number of amides is 2. The second-order valence-electron chi connectivity index (χ2n) is 8.47. The molecule has 0 spiro atoms. The maximum atomic E-state index is 12.9. The highest BCUT2D eigenvalue weighted by Gasteiger charge is 2.31. The number of carbonyl (C=O) groups excluding carboxylic acids is 2. The van der Waals surface area contributed by atoms with Crippen molar-refractivity contribution in [2.45, 2.75) is 18.6 Å². The zero-order valence-electron chi connectivity index (χ0n) is 18.8. The molecule has 1 saturated heterocycles. The van der Waals surface area contributed by atoms with Crippen LogP contribution in [0.15, 0.2) is 42.5 Å². The van der Waals surface area contributed by atoms with E-state index >= 15 is 0 Å². The Labute approximate surface area is 195 Å². The highest BCUT2D eigenvalue weighted by atomic mass is 19.4. The van der Waals surface area contributed by atoms with Crippen LogP contribution in [0.1, 0.15) is 22.7 Å². The van der Waals surface area contributed by atoms with Gasteiger partial charge in [-0.25, -0.2) is 0 Å². The number of nitrogens with one attached hydrogen (secondary N) is 2. The Morgan fingerprint density at radius 2 is 1.82 bits per heavy atom. The number of nitrogens with zero attached hydrogens (tertiary/aromatic N) is 2. The minimum absolute atomic E-state index is 0.0950. The fourth-order valence-corrected chi connectivity index (χ4v) is 4.37. The molecule has 0 radical (unpaired) electrons. The van der Waals surface area contributed by atoms with E-state index in [4.69, 9.17) is 4.74 Å². The standard InChI is InChI=1S/C24H27F3N4O3/c1-30-8-7-17-13-16(5-6-20(17)30)21(31-9-11-34-12-10-31)15-28-22(32)23(33)29-19-4-2-3-18(14-19)24(25,26)27/h2-6,13-14,21H,7-12,15H2,1H3,(H,28,32)(H,29,33). The zero-order valence-corrected chi connectivity index (χ0v) is 18.8. The molecule has 2 aliphatic rings. The SMILES string of the molecule is CN1CCc2cc(C(CNC(=O)C(=O)Nc3cccc(C(F)(F)F)c3)N3CCOCC3)ccc21. The molecule has 2 N–H and O–H groups in total. The van der Waals surface area contributed by atoms with E-state index < -0.39 is 23.6 Å². The maximum absolute atomic E-state index is 12.9. The van der Waals surface area contributed by atoms with Crippen molar-refractivity contribution in [2.24, 2.45) is 0 Å². The zero-order chi connectivity index (χ0) is 24.3. The number of likely N-dealkylation sites (N-methyl/N-ethyl adjacent to an activating group) is 1. The molecule has 7 nitrogen and oxygen atoms in total. The van der Waals surface area contributed by atoms with Crippen LogP contribution in [-0.4, -0.2) is 63.2 Å². The van der Waals surface area contributed by atoms with Crippen molar-refractivity contribution >= 4 is 23.2 Å². The van der Waals surface area contributed by atoms with Gasteiger partial charge in [-0.1, -0.05) is 18.2 Å². The number of benzene rings is 2. The van der Waals surface area contributed by atoms with E-state index in [0.717, 1.165) is 30.7 Å². The lowest BCUT2D eigenvalue weighted by Gasteiger charge is -2.35. The lowest BCUT2D eigenvalue weighted by molar-refractivity contribution is -0.137. The van der Waals surface area contributed by atoms with Gasteiger partial charge >= 0.3 is 18.0 Å². The van der Waals surface area contributed by atoms with Crippen molar-refractivity contribution in [3.63, 3.8) is 0 Å². The van der Waals surface area contributed by atoms with E-state index in [1.807, 2.05) is 13.1 Å². The van der Waals surface area contributed by atoms with Gasteiger partial charge in [0.05, 0.1) is 24.8 Å². The van der Waals surface area contributed by atoms with Crippen LogP contribution in [0.2, 0.25) is 0 Å². The second kappa shape index (κ2) is 10.0. The minimum Gasteiger partial charge on any atom is -0.379 e. The summed E-state index contributed by atoms with van der Waals surface area (Å²) in [6, 6.07) is 10.3. The highest BCUT2D eigenvalue weighted by molar-refractivity contribution is 6.39. The topological polar surface area (TPSA) is 73.9 Å². The van der Waals surface area contributed by atoms with Crippen molar-refractivity contribution in [2.75, 3.05) is 56.7 Å². The lowest BCUT2D eigenvalue weighted by Crippen LogP contribution is -2.45. The van der Waals surface area contributed by atoms with Crippen molar-refractivity contribution in [3.05, 3.63) is 59.2 Å². The number of fused-ring (bicyclic) bond motifs is 1. The fraction of sp³-hybridized carbons (Fsp3) is 0.417. The Hall–Kier alpha value is -3.11. The molecular formula is C24H27F3N4O3. The number of halogens is 3. The van der Waals surface area contributed by atoms with Gasteiger partial charge in [-0.15, -0.1) is 0 Å². The molecule has 0 aliphatic carbocycles. The molecule has 1 atom stereocenters. The normalized spacial score (nSPS) is 17.2. The van der Waals surface area contributed by atoms with Crippen LogP contribution < -0.4 is 15.5 Å². The van der Waals surface area contributed by atoms with Gasteiger partial charge in [-0.2, -0.15) is 13.2 Å². The van der Waals surface area contributed by atoms with Crippen LogP contribution in [0.3, 0.4) is 0 Å². The Morgan fingerprint density at radius 3 is 2.56 bits per heavy atom. The monoisotopic (exact) mass is 476 g/mol. The molecule has 2 amide bonds. The molecule has 1 unspecified atom stereocenters. The predicted molar refractivity (Wildman–Crippen MR) is 122 cm³/mol.